The van der Waals surface area contributed by atoms with Crippen molar-refractivity contribution in [2.24, 2.45) is 5.41 Å². The second kappa shape index (κ2) is 4.13. The van der Waals surface area contributed by atoms with E-state index in [1.165, 1.54) is 18.9 Å². The molecule has 1 N–H and O–H groups in total. The van der Waals surface area contributed by atoms with Gasteiger partial charge in [0.1, 0.15) is 17.4 Å². The van der Waals surface area contributed by atoms with Crippen LogP contribution in [0.2, 0.25) is 0 Å². The molecule has 1 fully saturated rings. The van der Waals surface area contributed by atoms with Crippen LogP contribution in [0.5, 0.6) is 0 Å². The Balaban J connectivity index is 2.10. The zero-order valence-electron chi connectivity index (χ0n) is 9.39. The van der Waals surface area contributed by atoms with Crippen molar-refractivity contribution in [2.75, 3.05) is 11.9 Å². The second-order valence-corrected chi connectivity index (χ2v) is 4.48. The first-order valence-corrected chi connectivity index (χ1v) is 5.63. The Morgan fingerprint density at radius 1 is 1.50 bits per heavy atom. The minimum absolute atomic E-state index is 0.120. The summed E-state index contributed by atoms with van der Waals surface area (Å²) >= 11 is 0. The maximum atomic E-state index is 13.3. The van der Waals surface area contributed by atoms with Gasteiger partial charge in [0, 0.05) is 6.54 Å². The van der Waals surface area contributed by atoms with E-state index < -0.39 is 5.82 Å². The molecular weight excluding hydrogens is 203 g/mol. The van der Waals surface area contributed by atoms with Gasteiger partial charge in [-0.3, -0.25) is 0 Å². The molecule has 84 valence electrons. The number of anilines is 1. The molecule has 0 unspecified atom stereocenters. The molecule has 16 heavy (non-hydrogen) atoms. The second-order valence-electron chi connectivity index (χ2n) is 4.48. The number of hydrogen-bond acceptors (Lipinski definition) is 2. The Kier molecular flexibility index (Phi) is 2.82. The number of nitriles is 1. The molecule has 0 saturated heterocycles. The van der Waals surface area contributed by atoms with Crippen LogP contribution in [0.25, 0.3) is 0 Å². The van der Waals surface area contributed by atoms with Crippen LogP contribution in [0, 0.1) is 22.6 Å². The Morgan fingerprint density at radius 2 is 2.25 bits per heavy atom. The lowest BCUT2D eigenvalue weighted by atomic mass is 10.0. The molecule has 2 rings (SSSR count). The van der Waals surface area contributed by atoms with E-state index in [-0.39, 0.29) is 5.56 Å². The molecule has 0 bridgehead atoms. The molecule has 1 aromatic rings. The Morgan fingerprint density at radius 3 is 2.81 bits per heavy atom. The van der Waals surface area contributed by atoms with Crippen molar-refractivity contribution >= 4 is 5.69 Å². The molecule has 0 aliphatic heterocycles. The quantitative estimate of drug-likeness (QED) is 0.841. The van der Waals surface area contributed by atoms with Crippen molar-refractivity contribution in [1.82, 2.24) is 0 Å². The molecule has 1 saturated carbocycles. The highest BCUT2D eigenvalue weighted by Gasteiger charge is 2.40. The van der Waals surface area contributed by atoms with Gasteiger partial charge in [-0.15, -0.1) is 0 Å². The molecule has 1 aliphatic carbocycles. The van der Waals surface area contributed by atoms with Crippen LogP contribution in [0.1, 0.15) is 31.7 Å². The van der Waals surface area contributed by atoms with Gasteiger partial charge in [-0.25, -0.2) is 4.39 Å². The minimum Gasteiger partial charge on any atom is -0.383 e. The molecule has 0 aromatic heterocycles. The summed E-state index contributed by atoms with van der Waals surface area (Å²) in [6.07, 6.45) is 3.60. The smallest absolute Gasteiger partial charge is 0.143 e. The number of rotatable bonds is 4. The summed E-state index contributed by atoms with van der Waals surface area (Å²) in [4.78, 5) is 0. The summed E-state index contributed by atoms with van der Waals surface area (Å²) in [5, 5.41) is 12.1. The van der Waals surface area contributed by atoms with Crippen molar-refractivity contribution in [3.63, 3.8) is 0 Å². The van der Waals surface area contributed by atoms with Gasteiger partial charge in [0.2, 0.25) is 0 Å². The summed E-state index contributed by atoms with van der Waals surface area (Å²) in [6.45, 7) is 3.01. The molecule has 0 heterocycles. The van der Waals surface area contributed by atoms with Crippen molar-refractivity contribution in [3.8, 4) is 6.07 Å². The van der Waals surface area contributed by atoms with Crippen molar-refractivity contribution < 1.29 is 4.39 Å². The van der Waals surface area contributed by atoms with E-state index in [0.717, 1.165) is 13.0 Å². The van der Waals surface area contributed by atoms with Gasteiger partial charge < -0.3 is 5.32 Å². The van der Waals surface area contributed by atoms with Crippen molar-refractivity contribution in [3.05, 3.63) is 29.6 Å². The Bertz CT molecular complexity index is 430. The van der Waals surface area contributed by atoms with E-state index in [4.69, 9.17) is 5.26 Å². The molecule has 0 radical (unpaired) electrons. The van der Waals surface area contributed by atoms with Crippen LogP contribution in [0.3, 0.4) is 0 Å². The predicted molar refractivity (Wildman–Crippen MR) is 61.6 cm³/mol. The van der Waals surface area contributed by atoms with E-state index in [0.29, 0.717) is 11.1 Å². The normalized spacial score (nSPS) is 16.6. The third-order valence-corrected chi connectivity index (χ3v) is 3.49. The minimum atomic E-state index is -0.450. The fourth-order valence-electron chi connectivity index (χ4n) is 1.90. The topological polar surface area (TPSA) is 35.8 Å². The van der Waals surface area contributed by atoms with E-state index >= 15 is 0 Å². The van der Waals surface area contributed by atoms with Crippen LogP contribution < -0.4 is 5.32 Å². The summed E-state index contributed by atoms with van der Waals surface area (Å²) < 4.78 is 13.3. The summed E-state index contributed by atoms with van der Waals surface area (Å²) in [5.41, 5.74) is 1.12. The van der Waals surface area contributed by atoms with Crippen LogP contribution in [0.4, 0.5) is 10.1 Å². The van der Waals surface area contributed by atoms with Crippen LogP contribution in [0.15, 0.2) is 18.2 Å². The number of nitrogens with one attached hydrogen (secondary N) is 1. The van der Waals surface area contributed by atoms with Gasteiger partial charge in [-0.05, 0) is 36.8 Å². The molecule has 1 aromatic carbocycles. The highest BCUT2D eigenvalue weighted by molar-refractivity contribution is 5.58. The maximum absolute atomic E-state index is 13.3. The highest BCUT2D eigenvalue weighted by atomic mass is 19.1. The highest BCUT2D eigenvalue weighted by Crippen LogP contribution is 2.48. The van der Waals surface area contributed by atoms with E-state index in [1.54, 1.807) is 12.1 Å². The predicted octanol–water partition coefficient (Wildman–Crippen LogP) is 3.30. The molecule has 0 spiro atoms. The van der Waals surface area contributed by atoms with Gasteiger partial charge >= 0.3 is 0 Å². The molecule has 2 nitrogen and oxygen atoms in total. The largest absolute Gasteiger partial charge is 0.383 e. The molecule has 0 atom stereocenters. The zero-order chi connectivity index (χ0) is 11.6. The van der Waals surface area contributed by atoms with Crippen LogP contribution >= 0.6 is 0 Å². The maximum Gasteiger partial charge on any atom is 0.143 e. The molecule has 0 amide bonds. The average molecular weight is 218 g/mol. The Labute approximate surface area is 95.1 Å². The van der Waals surface area contributed by atoms with Gasteiger partial charge in [0.15, 0.2) is 0 Å². The zero-order valence-corrected chi connectivity index (χ0v) is 9.39. The number of halogens is 1. The molecule has 3 heteroatoms. The molecular formula is C13H15FN2. The third-order valence-electron chi connectivity index (χ3n) is 3.49. The van der Waals surface area contributed by atoms with Gasteiger partial charge in [-0.2, -0.15) is 5.26 Å². The van der Waals surface area contributed by atoms with Crippen molar-refractivity contribution in [1.29, 1.82) is 5.26 Å². The van der Waals surface area contributed by atoms with Crippen molar-refractivity contribution in [2.45, 2.75) is 26.2 Å². The SMILES string of the molecule is CCC1(CNc2cccc(F)c2C#N)CC1. The van der Waals surface area contributed by atoms with Crippen LogP contribution in [-0.4, -0.2) is 6.54 Å². The van der Waals surface area contributed by atoms with Gasteiger partial charge in [0.25, 0.3) is 0 Å². The first-order chi connectivity index (χ1) is 7.71. The standard InChI is InChI=1S/C13H15FN2/c1-2-13(6-7-13)9-16-12-5-3-4-11(14)10(12)8-15/h3-5,16H,2,6-7,9H2,1H3. The number of hydrogen-bond donors (Lipinski definition) is 1. The lowest BCUT2D eigenvalue weighted by Gasteiger charge is -2.15. The van der Waals surface area contributed by atoms with E-state index in [2.05, 4.69) is 12.2 Å². The Hall–Kier alpha value is -1.56. The summed E-state index contributed by atoms with van der Waals surface area (Å²) in [6, 6.07) is 6.60. The van der Waals surface area contributed by atoms with Gasteiger partial charge in [-0.1, -0.05) is 13.0 Å². The fraction of sp³-hybridized carbons (Fsp3) is 0.462. The summed E-state index contributed by atoms with van der Waals surface area (Å²) in [7, 11) is 0. The monoisotopic (exact) mass is 218 g/mol. The first-order valence-electron chi connectivity index (χ1n) is 5.63. The van der Waals surface area contributed by atoms with E-state index in [1.807, 2.05) is 6.07 Å². The van der Waals surface area contributed by atoms with Crippen LogP contribution in [-0.2, 0) is 0 Å². The lowest BCUT2D eigenvalue weighted by molar-refractivity contribution is 0.521. The summed E-state index contributed by atoms with van der Waals surface area (Å²) in [5.74, 6) is -0.450. The number of nitrogens with zero attached hydrogens (tertiary/aromatic N) is 1. The van der Waals surface area contributed by atoms with E-state index in [9.17, 15) is 4.39 Å². The van der Waals surface area contributed by atoms with Gasteiger partial charge in [0.05, 0.1) is 5.69 Å². The lowest BCUT2D eigenvalue weighted by Crippen LogP contribution is -2.15. The first kappa shape index (κ1) is 10.9. The third kappa shape index (κ3) is 2.01. The number of benzene rings is 1. The molecule has 1 aliphatic rings. The fourth-order valence-corrected chi connectivity index (χ4v) is 1.90. The average Bonchev–Trinajstić information content (AvgIpc) is 3.07.